The van der Waals surface area contributed by atoms with Crippen molar-refractivity contribution in [3.63, 3.8) is 0 Å². The summed E-state index contributed by atoms with van der Waals surface area (Å²) in [5.41, 5.74) is 4.86. The molecule has 0 saturated carbocycles. The highest BCUT2D eigenvalue weighted by Gasteiger charge is 2.41. The third-order valence-electron chi connectivity index (χ3n) is 3.23. The molecule has 5 heteroatoms. The SMILES string of the molecule is Cc1cc(C)c(N2CCNC2C(Cl)(Cl)Cl)c(C)c1. The molecular formula is C13H17Cl3N2. The highest BCUT2D eigenvalue weighted by Crippen LogP contribution is 2.38. The van der Waals surface area contributed by atoms with E-state index >= 15 is 0 Å². The fraction of sp³-hybridized carbons (Fsp3) is 0.538. The quantitative estimate of drug-likeness (QED) is 0.796. The first-order chi connectivity index (χ1) is 8.30. The molecule has 18 heavy (non-hydrogen) atoms. The van der Waals surface area contributed by atoms with Gasteiger partial charge >= 0.3 is 0 Å². The second kappa shape index (κ2) is 5.09. The van der Waals surface area contributed by atoms with Gasteiger partial charge in [0.15, 0.2) is 0 Å². The van der Waals surface area contributed by atoms with E-state index in [-0.39, 0.29) is 6.17 Å². The Hall–Kier alpha value is -0.150. The van der Waals surface area contributed by atoms with Crippen molar-refractivity contribution in [2.45, 2.75) is 30.7 Å². The third-order valence-corrected chi connectivity index (χ3v) is 3.85. The molecule has 1 aromatic rings. The fourth-order valence-electron chi connectivity index (χ4n) is 2.72. The van der Waals surface area contributed by atoms with E-state index in [1.165, 1.54) is 22.4 Å². The van der Waals surface area contributed by atoms with E-state index < -0.39 is 3.79 Å². The third kappa shape index (κ3) is 2.72. The predicted octanol–water partition coefficient (Wildman–Crippen LogP) is 3.72. The highest BCUT2D eigenvalue weighted by molar-refractivity contribution is 6.68. The van der Waals surface area contributed by atoms with Crippen LogP contribution in [0.3, 0.4) is 0 Å². The summed E-state index contributed by atoms with van der Waals surface area (Å²) in [4.78, 5) is 2.15. The van der Waals surface area contributed by atoms with Gasteiger partial charge < -0.3 is 4.90 Å². The van der Waals surface area contributed by atoms with Gasteiger partial charge in [-0.1, -0.05) is 52.5 Å². The molecule has 0 aliphatic carbocycles. The lowest BCUT2D eigenvalue weighted by Crippen LogP contribution is -2.46. The number of benzene rings is 1. The number of halogens is 3. The van der Waals surface area contributed by atoms with E-state index in [1.54, 1.807) is 0 Å². The molecule has 1 saturated heterocycles. The van der Waals surface area contributed by atoms with Crippen LogP contribution in [0.15, 0.2) is 12.1 Å². The first-order valence-electron chi connectivity index (χ1n) is 5.95. The minimum Gasteiger partial charge on any atom is -0.350 e. The van der Waals surface area contributed by atoms with E-state index in [0.717, 1.165) is 13.1 Å². The summed E-state index contributed by atoms with van der Waals surface area (Å²) in [6.45, 7) is 7.97. The Morgan fingerprint density at radius 2 is 1.72 bits per heavy atom. The van der Waals surface area contributed by atoms with Crippen molar-refractivity contribution in [1.29, 1.82) is 0 Å². The van der Waals surface area contributed by atoms with Gasteiger partial charge in [-0.3, -0.25) is 5.32 Å². The summed E-state index contributed by atoms with van der Waals surface area (Å²) < 4.78 is -1.33. The van der Waals surface area contributed by atoms with Gasteiger partial charge in [0.25, 0.3) is 0 Å². The van der Waals surface area contributed by atoms with Crippen LogP contribution >= 0.6 is 34.8 Å². The summed E-state index contributed by atoms with van der Waals surface area (Å²) in [5, 5.41) is 3.24. The minimum absolute atomic E-state index is 0.275. The minimum atomic E-state index is -1.33. The molecule has 1 aliphatic heterocycles. The van der Waals surface area contributed by atoms with Crippen molar-refractivity contribution in [2.24, 2.45) is 0 Å². The summed E-state index contributed by atoms with van der Waals surface area (Å²) >= 11 is 18.1. The fourth-order valence-corrected chi connectivity index (χ4v) is 3.30. The maximum absolute atomic E-state index is 6.05. The molecule has 1 atom stereocenters. The van der Waals surface area contributed by atoms with E-state index in [1.807, 2.05) is 0 Å². The number of nitrogens with one attached hydrogen (secondary N) is 1. The normalized spacial score (nSPS) is 20.6. The first-order valence-corrected chi connectivity index (χ1v) is 7.08. The van der Waals surface area contributed by atoms with Crippen LogP contribution in [0.25, 0.3) is 0 Å². The molecule has 0 spiro atoms. The van der Waals surface area contributed by atoms with Crippen LogP contribution in [0.1, 0.15) is 16.7 Å². The Morgan fingerprint density at radius 3 is 2.22 bits per heavy atom. The van der Waals surface area contributed by atoms with Gasteiger partial charge in [0.2, 0.25) is 3.79 Å². The van der Waals surface area contributed by atoms with Gasteiger partial charge in [-0.15, -0.1) is 0 Å². The van der Waals surface area contributed by atoms with Crippen molar-refractivity contribution in [2.75, 3.05) is 18.0 Å². The number of rotatable bonds is 1. The Labute approximate surface area is 123 Å². The average Bonchev–Trinajstić information content (AvgIpc) is 2.63. The molecule has 1 heterocycles. The summed E-state index contributed by atoms with van der Waals surface area (Å²) in [5.74, 6) is 0. The van der Waals surface area contributed by atoms with Gasteiger partial charge in [0, 0.05) is 18.8 Å². The van der Waals surface area contributed by atoms with Crippen molar-refractivity contribution < 1.29 is 0 Å². The van der Waals surface area contributed by atoms with Crippen molar-refractivity contribution in [3.05, 3.63) is 28.8 Å². The number of hydrogen-bond donors (Lipinski definition) is 1. The molecule has 2 nitrogen and oxygen atoms in total. The molecule has 0 radical (unpaired) electrons. The first kappa shape index (κ1) is 14.3. The van der Waals surface area contributed by atoms with Crippen molar-refractivity contribution in [1.82, 2.24) is 5.32 Å². The van der Waals surface area contributed by atoms with Crippen LogP contribution in [-0.2, 0) is 0 Å². The average molecular weight is 308 g/mol. The number of aryl methyl sites for hydroxylation is 3. The number of hydrogen-bond acceptors (Lipinski definition) is 2. The zero-order valence-electron chi connectivity index (χ0n) is 10.7. The zero-order valence-corrected chi connectivity index (χ0v) is 13.0. The van der Waals surface area contributed by atoms with Gasteiger partial charge in [-0.2, -0.15) is 0 Å². The van der Waals surface area contributed by atoms with Gasteiger partial charge in [-0.25, -0.2) is 0 Å². The Morgan fingerprint density at radius 1 is 1.17 bits per heavy atom. The molecule has 1 unspecified atom stereocenters. The zero-order chi connectivity index (χ0) is 13.5. The lowest BCUT2D eigenvalue weighted by molar-refractivity contribution is 0.615. The molecule has 1 fully saturated rings. The summed E-state index contributed by atoms with van der Waals surface area (Å²) in [6, 6.07) is 4.33. The van der Waals surface area contributed by atoms with Crippen molar-refractivity contribution in [3.8, 4) is 0 Å². The number of nitrogens with zero attached hydrogens (tertiary/aromatic N) is 1. The van der Waals surface area contributed by atoms with Crippen LogP contribution in [-0.4, -0.2) is 23.0 Å². The molecule has 1 aliphatic rings. The van der Waals surface area contributed by atoms with E-state index in [2.05, 4.69) is 43.1 Å². The Balaban J connectivity index is 2.43. The molecule has 0 amide bonds. The van der Waals surface area contributed by atoms with E-state index in [4.69, 9.17) is 34.8 Å². The molecule has 0 aromatic heterocycles. The largest absolute Gasteiger partial charge is 0.350 e. The van der Waals surface area contributed by atoms with Crippen LogP contribution in [0.2, 0.25) is 0 Å². The molecule has 2 rings (SSSR count). The second-order valence-corrected chi connectivity index (χ2v) is 7.21. The second-order valence-electron chi connectivity index (χ2n) is 4.84. The maximum atomic E-state index is 6.05. The van der Waals surface area contributed by atoms with E-state index in [9.17, 15) is 0 Å². The topological polar surface area (TPSA) is 15.3 Å². The monoisotopic (exact) mass is 306 g/mol. The molecule has 1 aromatic carbocycles. The van der Waals surface area contributed by atoms with Crippen LogP contribution in [0, 0.1) is 20.8 Å². The van der Waals surface area contributed by atoms with Crippen molar-refractivity contribution >= 4 is 40.5 Å². The number of anilines is 1. The predicted molar refractivity (Wildman–Crippen MR) is 80.1 cm³/mol. The van der Waals surface area contributed by atoms with Gasteiger partial charge in [0.05, 0.1) is 0 Å². The summed E-state index contributed by atoms with van der Waals surface area (Å²) in [6.07, 6.45) is -0.275. The van der Waals surface area contributed by atoms with Gasteiger partial charge in [0.1, 0.15) is 6.17 Å². The smallest absolute Gasteiger partial charge is 0.223 e. The lowest BCUT2D eigenvalue weighted by atomic mass is 10.0. The van der Waals surface area contributed by atoms with Crippen LogP contribution in [0.5, 0.6) is 0 Å². The van der Waals surface area contributed by atoms with Crippen LogP contribution in [0.4, 0.5) is 5.69 Å². The molecule has 100 valence electrons. The molecular weight excluding hydrogens is 291 g/mol. The standard InChI is InChI=1S/C13H17Cl3N2/c1-8-6-9(2)11(10(3)7-8)18-5-4-17-12(18)13(14,15)16/h6-7,12,17H,4-5H2,1-3H3. The molecule has 1 N–H and O–H groups in total. The molecule has 0 bridgehead atoms. The van der Waals surface area contributed by atoms with Crippen LogP contribution < -0.4 is 10.2 Å². The number of alkyl halides is 3. The highest BCUT2D eigenvalue weighted by atomic mass is 35.6. The maximum Gasteiger partial charge on any atom is 0.223 e. The van der Waals surface area contributed by atoms with Gasteiger partial charge in [-0.05, 0) is 31.9 Å². The summed E-state index contributed by atoms with van der Waals surface area (Å²) in [7, 11) is 0. The Bertz CT molecular complexity index is 431. The Kier molecular flexibility index (Phi) is 4.03. The van der Waals surface area contributed by atoms with E-state index in [0.29, 0.717) is 0 Å². The lowest BCUT2D eigenvalue weighted by Gasteiger charge is -2.33.